The molecule has 0 aliphatic carbocycles. The van der Waals surface area contributed by atoms with Gasteiger partial charge in [0.15, 0.2) is 0 Å². The van der Waals surface area contributed by atoms with E-state index < -0.39 is 10.0 Å². The third-order valence-corrected chi connectivity index (χ3v) is 6.54. The predicted octanol–water partition coefficient (Wildman–Crippen LogP) is 4.73. The zero-order valence-electron chi connectivity index (χ0n) is 15.7. The SMILES string of the molecule is C[C@@H]1Cc2cc(S(=O)(=O)Nc3ccc(Cl)cc3)ccc2N1C(=O)c1ccccc1. The lowest BCUT2D eigenvalue weighted by Gasteiger charge is -2.23. The van der Waals surface area contributed by atoms with E-state index in [1.807, 2.05) is 25.1 Å². The molecule has 0 saturated heterocycles. The van der Waals surface area contributed by atoms with E-state index >= 15 is 0 Å². The lowest BCUT2D eigenvalue weighted by atomic mass is 10.1. The molecular weight excluding hydrogens is 408 g/mol. The zero-order chi connectivity index (χ0) is 20.6. The van der Waals surface area contributed by atoms with E-state index in [2.05, 4.69) is 4.72 Å². The maximum Gasteiger partial charge on any atom is 0.261 e. The topological polar surface area (TPSA) is 66.5 Å². The third kappa shape index (κ3) is 3.86. The summed E-state index contributed by atoms with van der Waals surface area (Å²) in [5, 5.41) is 0.530. The molecule has 4 rings (SSSR count). The largest absolute Gasteiger partial charge is 0.305 e. The van der Waals surface area contributed by atoms with Crippen molar-refractivity contribution in [2.75, 3.05) is 9.62 Å². The van der Waals surface area contributed by atoms with Crippen LogP contribution in [-0.4, -0.2) is 20.4 Å². The average molecular weight is 427 g/mol. The maximum atomic E-state index is 13.0. The highest BCUT2D eigenvalue weighted by Gasteiger charge is 2.32. The van der Waals surface area contributed by atoms with Crippen molar-refractivity contribution in [1.82, 2.24) is 0 Å². The number of hydrogen-bond acceptors (Lipinski definition) is 3. The van der Waals surface area contributed by atoms with Gasteiger partial charge in [-0.2, -0.15) is 0 Å². The van der Waals surface area contributed by atoms with Crippen molar-refractivity contribution in [2.45, 2.75) is 24.3 Å². The highest BCUT2D eigenvalue weighted by molar-refractivity contribution is 7.92. The van der Waals surface area contributed by atoms with Gasteiger partial charge in [0.25, 0.3) is 15.9 Å². The van der Waals surface area contributed by atoms with Gasteiger partial charge in [0.1, 0.15) is 0 Å². The lowest BCUT2D eigenvalue weighted by molar-refractivity contribution is 0.0981. The Morgan fingerprint density at radius 1 is 1.03 bits per heavy atom. The van der Waals surface area contributed by atoms with Crippen LogP contribution >= 0.6 is 11.6 Å². The molecule has 0 aromatic heterocycles. The molecule has 1 atom stereocenters. The van der Waals surface area contributed by atoms with Crippen molar-refractivity contribution < 1.29 is 13.2 Å². The number of amides is 1. The van der Waals surface area contributed by atoms with Gasteiger partial charge in [0.05, 0.1) is 4.90 Å². The highest BCUT2D eigenvalue weighted by Crippen LogP contribution is 2.35. The van der Waals surface area contributed by atoms with Crippen molar-refractivity contribution in [3.8, 4) is 0 Å². The molecule has 0 radical (unpaired) electrons. The van der Waals surface area contributed by atoms with Crippen LogP contribution in [0.2, 0.25) is 5.02 Å². The molecule has 1 aliphatic heterocycles. The number of nitrogens with zero attached hydrogens (tertiary/aromatic N) is 1. The number of rotatable bonds is 4. The van der Waals surface area contributed by atoms with Crippen molar-refractivity contribution in [2.24, 2.45) is 0 Å². The second-order valence-electron chi connectivity index (χ2n) is 7.00. The van der Waals surface area contributed by atoms with Gasteiger partial charge in [-0.3, -0.25) is 9.52 Å². The molecule has 1 heterocycles. The molecule has 29 heavy (non-hydrogen) atoms. The summed E-state index contributed by atoms with van der Waals surface area (Å²) in [4.78, 5) is 14.8. The summed E-state index contributed by atoms with van der Waals surface area (Å²) in [5.74, 6) is -0.0910. The van der Waals surface area contributed by atoms with Crippen LogP contribution in [0.1, 0.15) is 22.8 Å². The van der Waals surface area contributed by atoms with E-state index in [9.17, 15) is 13.2 Å². The van der Waals surface area contributed by atoms with Gasteiger partial charge in [0.2, 0.25) is 0 Å². The zero-order valence-corrected chi connectivity index (χ0v) is 17.2. The summed E-state index contributed by atoms with van der Waals surface area (Å²) >= 11 is 5.85. The molecule has 0 fully saturated rings. The van der Waals surface area contributed by atoms with Crippen LogP contribution in [-0.2, 0) is 16.4 Å². The van der Waals surface area contributed by atoms with Gasteiger partial charge in [-0.1, -0.05) is 29.8 Å². The fourth-order valence-corrected chi connectivity index (χ4v) is 4.77. The van der Waals surface area contributed by atoms with E-state index in [0.717, 1.165) is 11.3 Å². The Labute approximate surface area is 175 Å². The lowest BCUT2D eigenvalue weighted by Crippen LogP contribution is -2.35. The number of carbonyl (C=O) groups is 1. The smallest absolute Gasteiger partial charge is 0.261 e. The molecule has 148 valence electrons. The number of hydrogen-bond donors (Lipinski definition) is 1. The van der Waals surface area contributed by atoms with Crippen LogP contribution in [0.5, 0.6) is 0 Å². The Kier molecular flexibility index (Phi) is 5.06. The number of sulfonamides is 1. The number of nitrogens with one attached hydrogen (secondary N) is 1. The Bertz CT molecular complexity index is 1160. The second-order valence-corrected chi connectivity index (χ2v) is 9.12. The standard InChI is InChI=1S/C22H19ClN2O3S/c1-15-13-17-14-20(29(27,28)24-19-9-7-18(23)8-10-19)11-12-21(17)25(15)22(26)16-5-3-2-4-6-16/h2-12,14-15,24H,13H2,1H3/t15-/m1/s1. The van der Waals surface area contributed by atoms with Crippen molar-refractivity contribution in [3.63, 3.8) is 0 Å². The fraction of sp³-hybridized carbons (Fsp3) is 0.136. The van der Waals surface area contributed by atoms with Crippen LogP contribution in [0.3, 0.4) is 0 Å². The molecule has 0 bridgehead atoms. The number of anilines is 2. The monoisotopic (exact) mass is 426 g/mol. The quantitative estimate of drug-likeness (QED) is 0.655. The average Bonchev–Trinajstić information content (AvgIpc) is 3.04. The Hall–Kier alpha value is -2.83. The molecule has 3 aromatic carbocycles. The first kappa shape index (κ1) is 19.5. The summed E-state index contributed by atoms with van der Waals surface area (Å²) in [5.41, 5.74) is 2.62. The minimum absolute atomic E-state index is 0.0557. The van der Waals surface area contributed by atoms with Crippen molar-refractivity contribution >= 4 is 38.9 Å². The van der Waals surface area contributed by atoms with E-state index in [0.29, 0.717) is 22.7 Å². The van der Waals surface area contributed by atoms with E-state index in [1.165, 1.54) is 6.07 Å². The van der Waals surface area contributed by atoms with Crippen molar-refractivity contribution in [3.05, 3.63) is 88.9 Å². The summed E-state index contributed by atoms with van der Waals surface area (Å²) in [6.45, 7) is 1.96. The van der Waals surface area contributed by atoms with Crippen LogP contribution in [0.4, 0.5) is 11.4 Å². The minimum atomic E-state index is -3.75. The molecule has 1 amide bonds. The first-order valence-electron chi connectivity index (χ1n) is 9.15. The molecule has 1 N–H and O–H groups in total. The van der Waals surface area contributed by atoms with Gasteiger partial charge in [0, 0.05) is 28.0 Å². The van der Waals surface area contributed by atoms with E-state index in [-0.39, 0.29) is 16.8 Å². The van der Waals surface area contributed by atoms with Gasteiger partial charge < -0.3 is 4.90 Å². The highest BCUT2D eigenvalue weighted by atomic mass is 35.5. The Balaban J connectivity index is 1.63. The number of halogens is 1. The van der Waals surface area contributed by atoms with Gasteiger partial charge in [-0.05, 0) is 73.5 Å². The summed E-state index contributed by atoms with van der Waals surface area (Å²) in [6, 6.07) is 20.4. The van der Waals surface area contributed by atoms with Crippen molar-refractivity contribution in [1.29, 1.82) is 0 Å². The van der Waals surface area contributed by atoms with Crippen LogP contribution < -0.4 is 9.62 Å². The maximum absolute atomic E-state index is 13.0. The molecule has 0 spiro atoms. The predicted molar refractivity (Wildman–Crippen MR) is 115 cm³/mol. The Morgan fingerprint density at radius 3 is 2.41 bits per heavy atom. The van der Waals surface area contributed by atoms with E-state index in [4.69, 9.17) is 11.6 Å². The Morgan fingerprint density at radius 2 is 1.72 bits per heavy atom. The molecule has 3 aromatic rings. The number of fused-ring (bicyclic) bond motifs is 1. The third-order valence-electron chi connectivity index (χ3n) is 4.91. The number of carbonyl (C=O) groups excluding carboxylic acids is 1. The molecule has 0 unspecified atom stereocenters. The normalized spacial score (nSPS) is 15.8. The summed E-state index contributed by atoms with van der Waals surface area (Å²) < 4.78 is 28.1. The first-order chi connectivity index (χ1) is 13.8. The van der Waals surface area contributed by atoms with Gasteiger partial charge in [-0.15, -0.1) is 0 Å². The van der Waals surface area contributed by atoms with Crippen LogP contribution in [0.15, 0.2) is 77.7 Å². The molecule has 5 nitrogen and oxygen atoms in total. The summed E-state index contributed by atoms with van der Waals surface area (Å²) in [6.07, 6.45) is 0.595. The molecule has 7 heteroatoms. The minimum Gasteiger partial charge on any atom is -0.305 e. The fourth-order valence-electron chi connectivity index (χ4n) is 3.54. The summed E-state index contributed by atoms with van der Waals surface area (Å²) in [7, 11) is -3.75. The number of benzene rings is 3. The van der Waals surface area contributed by atoms with Gasteiger partial charge >= 0.3 is 0 Å². The molecule has 0 saturated carbocycles. The van der Waals surface area contributed by atoms with E-state index in [1.54, 1.807) is 53.4 Å². The second kappa shape index (κ2) is 7.54. The molecule has 1 aliphatic rings. The molecular formula is C22H19ClN2O3S. The van der Waals surface area contributed by atoms with Crippen LogP contribution in [0.25, 0.3) is 0 Å². The van der Waals surface area contributed by atoms with Gasteiger partial charge in [-0.25, -0.2) is 8.42 Å². The van der Waals surface area contributed by atoms with Crippen LogP contribution in [0, 0.1) is 0 Å². The first-order valence-corrected chi connectivity index (χ1v) is 11.0.